The Bertz CT molecular complexity index is 469. The van der Waals surface area contributed by atoms with E-state index >= 15 is 0 Å². The van der Waals surface area contributed by atoms with Gasteiger partial charge < -0.3 is 18.9 Å². The van der Waals surface area contributed by atoms with Gasteiger partial charge in [0.1, 0.15) is 6.54 Å². The summed E-state index contributed by atoms with van der Waals surface area (Å²) in [6.45, 7) is 4.30. The molecule has 1 spiro atoms. The first-order valence-electron chi connectivity index (χ1n) is 7.54. The zero-order valence-electron chi connectivity index (χ0n) is 12.5. The van der Waals surface area contributed by atoms with Gasteiger partial charge in [0, 0.05) is 51.7 Å². The third kappa shape index (κ3) is 2.96. The van der Waals surface area contributed by atoms with Crippen LogP contribution in [-0.2, 0) is 20.8 Å². The van der Waals surface area contributed by atoms with Crippen LogP contribution in [0.3, 0.4) is 0 Å². The Labute approximate surface area is 125 Å². The largest absolute Gasteiger partial charge is 0.384 e. The van der Waals surface area contributed by atoms with Crippen LogP contribution < -0.4 is 0 Å². The molecule has 1 unspecified atom stereocenters. The quantitative estimate of drug-likeness (QED) is 0.823. The van der Waals surface area contributed by atoms with Crippen LogP contribution in [0.25, 0.3) is 0 Å². The van der Waals surface area contributed by atoms with Gasteiger partial charge in [0.05, 0.1) is 12.9 Å². The predicted molar refractivity (Wildman–Crippen MR) is 76.7 cm³/mol. The summed E-state index contributed by atoms with van der Waals surface area (Å²) in [5, 5.41) is 0. The van der Waals surface area contributed by atoms with E-state index in [1.54, 1.807) is 19.6 Å². The number of carbonyl (C=O) groups excluding carboxylic acids is 1. The fourth-order valence-electron chi connectivity index (χ4n) is 3.63. The van der Waals surface area contributed by atoms with E-state index in [1.807, 2.05) is 15.7 Å². The maximum atomic E-state index is 12.5. The SMILES string of the molecule is COCC1CN(C(=O)Cn2ccnc2)CC12CCOCC2. The van der Waals surface area contributed by atoms with Gasteiger partial charge in [-0.15, -0.1) is 0 Å². The van der Waals surface area contributed by atoms with Crippen molar-refractivity contribution in [2.75, 3.05) is 40.0 Å². The number of likely N-dealkylation sites (tertiary alicyclic amines) is 1. The lowest BCUT2D eigenvalue weighted by molar-refractivity contribution is -0.131. The maximum absolute atomic E-state index is 12.5. The molecule has 6 heteroatoms. The summed E-state index contributed by atoms with van der Waals surface area (Å²) < 4.78 is 12.7. The van der Waals surface area contributed by atoms with Crippen LogP contribution in [0.5, 0.6) is 0 Å². The van der Waals surface area contributed by atoms with E-state index in [9.17, 15) is 4.79 Å². The average Bonchev–Trinajstić information content (AvgIpc) is 3.10. The molecule has 0 bridgehead atoms. The number of hydrogen-bond acceptors (Lipinski definition) is 4. The van der Waals surface area contributed by atoms with Crippen molar-refractivity contribution in [1.29, 1.82) is 0 Å². The van der Waals surface area contributed by atoms with E-state index in [4.69, 9.17) is 9.47 Å². The Balaban J connectivity index is 1.68. The number of ether oxygens (including phenoxy) is 2. The molecular weight excluding hydrogens is 270 g/mol. The zero-order valence-corrected chi connectivity index (χ0v) is 12.5. The molecule has 0 saturated carbocycles. The van der Waals surface area contributed by atoms with Gasteiger partial charge in [0.15, 0.2) is 0 Å². The molecule has 2 aliphatic rings. The van der Waals surface area contributed by atoms with Gasteiger partial charge in [-0.3, -0.25) is 4.79 Å². The Kier molecular flexibility index (Phi) is 4.26. The van der Waals surface area contributed by atoms with E-state index < -0.39 is 0 Å². The molecule has 1 atom stereocenters. The second kappa shape index (κ2) is 6.15. The van der Waals surface area contributed by atoms with Crippen molar-refractivity contribution in [2.24, 2.45) is 11.3 Å². The molecule has 1 aromatic rings. The third-order valence-electron chi connectivity index (χ3n) is 4.90. The number of methoxy groups -OCH3 is 1. The Morgan fingerprint density at radius 3 is 2.95 bits per heavy atom. The van der Waals surface area contributed by atoms with Crippen molar-refractivity contribution in [3.05, 3.63) is 18.7 Å². The van der Waals surface area contributed by atoms with Gasteiger partial charge >= 0.3 is 0 Å². The number of aromatic nitrogens is 2. The highest BCUT2D eigenvalue weighted by molar-refractivity contribution is 5.76. The van der Waals surface area contributed by atoms with Gasteiger partial charge in [0.25, 0.3) is 0 Å². The fraction of sp³-hybridized carbons (Fsp3) is 0.733. The van der Waals surface area contributed by atoms with E-state index in [0.29, 0.717) is 12.5 Å². The van der Waals surface area contributed by atoms with E-state index in [2.05, 4.69) is 4.98 Å². The number of hydrogen-bond donors (Lipinski definition) is 0. The fourth-order valence-corrected chi connectivity index (χ4v) is 3.63. The van der Waals surface area contributed by atoms with Crippen LogP contribution in [0.15, 0.2) is 18.7 Å². The first kappa shape index (κ1) is 14.5. The highest BCUT2D eigenvalue weighted by Crippen LogP contribution is 2.44. The van der Waals surface area contributed by atoms with Gasteiger partial charge in [-0.05, 0) is 18.3 Å². The molecule has 0 radical (unpaired) electrons. The minimum absolute atomic E-state index is 0.164. The Morgan fingerprint density at radius 1 is 1.48 bits per heavy atom. The summed E-state index contributed by atoms with van der Waals surface area (Å²) in [6.07, 6.45) is 7.26. The van der Waals surface area contributed by atoms with Crippen molar-refractivity contribution < 1.29 is 14.3 Å². The van der Waals surface area contributed by atoms with Crippen LogP contribution in [-0.4, -0.2) is 60.4 Å². The number of carbonyl (C=O) groups is 1. The topological polar surface area (TPSA) is 56.6 Å². The van der Waals surface area contributed by atoms with Crippen LogP contribution in [0.4, 0.5) is 0 Å². The van der Waals surface area contributed by atoms with Crippen LogP contribution in [0.2, 0.25) is 0 Å². The Hall–Kier alpha value is -1.40. The van der Waals surface area contributed by atoms with E-state index in [-0.39, 0.29) is 11.3 Å². The summed E-state index contributed by atoms with van der Waals surface area (Å²) >= 11 is 0. The molecule has 2 aliphatic heterocycles. The molecule has 2 fully saturated rings. The lowest BCUT2D eigenvalue weighted by Crippen LogP contribution is -2.39. The second-order valence-electron chi connectivity index (χ2n) is 6.14. The number of amides is 1. The lowest BCUT2D eigenvalue weighted by Gasteiger charge is -2.37. The average molecular weight is 293 g/mol. The van der Waals surface area contributed by atoms with Crippen molar-refractivity contribution in [2.45, 2.75) is 19.4 Å². The smallest absolute Gasteiger partial charge is 0.242 e. The molecular formula is C15H23N3O3. The molecule has 3 rings (SSSR count). The molecule has 21 heavy (non-hydrogen) atoms. The molecule has 0 N–H and O–H groups in total. The van der Waals surface area contributed by atoms with Crippen LogP contribution >= 0.6 is 0 Å². The van der Waals surface area contributed by atoms with Crippen molar-refractivity contribution in [3.8, 4) is 0 Å². The second-order valence-corrected chi connectivity index (χ2v) is 6.14. The molecule has 1 amide bonds. The normalized spacial score (nSPS) is 24.6. The molecule has 116 valence electrons. The number of imidazole rings is 1. The van der Waals surface area contributed by atoms with Crippen molar-refractivity contribution in [3.63, 3.8) is 0 Å². The van der Waals surface area contributed by atoms with Crippen LogP contribution in [0, 0.1) is 11.3 Å². The molecule has 1 aromatic heterocycles. The first-order valence-corrected chi connectivity index (χ1v) is 7.54. The van der Waals surface area contributed by atoms with Crippen molar-refractivity contribution >= 4 is 5.91 Å². The zero-order chi connectivity index (χ0) is 14.7. The van der Waals surface area contributed by atoms with Crippen molar-refractivity contribution in [1.82, 2.24) is 14.5 Å². The highest BCUT2D eigenvalue weighted by atomic mass is 16.5. The van der Waals surface area contributed by atoms with Gasteiger partial charge in [0.2, 0.25) is 5.91 Å². The minimum atomic E-state index is 0.164. The number of rotatable bonds is 4. The summed E-state index contributed by atoms with van der Waals surface area (Å²) in [5.74, 6) is 0.579. The molecule has 2 saturated heterocycles. The highest BCUT2D eigenvalue weighted by Gasteiger charge is 2.48. The predicted octanol–water partition coefficient (Wildman–Crippen LogP) is 0.785. The number of nitrogens with zero attached hydrogens (tertiary/aromatic N) is 3. The van der Waals surface area contributed by atoms with E-state index in [0.717, 1.165) is 45.8 Å². The van der Waals surface area contributed by atoms with E-state index in [1.165, 1.54) is 0 Å². The lowest BCUT2D eigenvalue weighted by atomic mass is 9.72. The standard InChI is InChI=1S/C15H23N3O3/c1-20-10-13-8-18(11-15(13)2-6-21-7-3-15)14(19)9-17-5-4-16-12-17/h4-5,12-13H,2-3,6-11H2,1H3. The van der Waals surface area contributed by atoms with Gasteiger partial charge in [-0.25, -0.2) is 4.98 Å². The van der Waals surface area contributed by atoms with Gasteiger partial charge in [-0.1, -0.05) is 0 Å². The third-order valence-corrected chi connectivity index (χ3v) is 4.90. The van der Waals surface area contributed by atoms with Crippen LogP contribution in [0.1, 0.15) is 12.8 Å². The molecule has 0 aliphatic carbocycles. The minimum Gasteiger partial charge on any atom is -0.384 e. The Morgan fingerprint density at radius 2 is 2.29 bits per heavy atom. The summed E-state index contributed by atoms with van der Waals surface area (Å²) in [5.41, 5.74) is 0.179. The molecule has 3 heterocycles. The first-order chi connectivity index (χ1) is 10.2. The molecule has 6 nitrogen and oxygen atoms in total. The van der Waals surface area contributed by atoms with Gasteiger partial charge in [-0.2, -0.15) is 0 Å². The summed E-state index contributed by atoms with van der Waals surface area (Å²) in [6, 6.07) is 0. The summed E-state index contributed by atoms with van der Waals surface area (Å²) in [4.78, 5) is 18.5. The summed E-state index contributed by atoms with van der Waals surface area (Å²) in [7, 11) is 1.74. The monoisotopic (exact) mass is 293 g/mol. The maximum Gasteiger partial charge on any atom is 0.242 e. The molecule has 0 aromatic carbocycles.